The summed E-state index contributed by atoms with van der Waals surface area (Å²) in [7, 11) is 3.33. The summed E-state index contributed by atoms with van der Waals surface area (Å²) in [6.07, 6.45) is 2.11. The Hall–Kier alpha value is -0.0900. The van der Waals surface area contributed by atoms with Gasteiger partial charge in [0.2, 0.25) is 0 Å². The number of hydrogen-bond acceptors (Lipinski definition) is 0. The largest absolute Gasteiger partial charge is 0.122 e. The van der Waals surface area contributed by atoms with Crippen molar-refractivity contribution in [3.63, 3.8) is 0 Å². The maximum absolute atomic E-state index is 3.33. The first-order chi connectivity index (χ1) is 3.72. The van der Waals surface area contributed by atoms with E-state index < -0.39 is 0 Å². The van der Waals surface area contributed by atoms with Crippen LogP contribution in [0, 0.1) is 5.92 Å². The molecule has 0 amide bonds. The number of rotatable bonds is 2. The van der Waals surface area contributed by atoms with E-state index in [1.807, 2.05) is 12.7 Å². The molecule has 0 aliphatic carbocycles. The van der Waals surface area contributed by atoms with Crippen molar-refractivity contribution >= 4 is 14.7 Å². The summed E-state index contributed by atoms with van der Waals surface area (Å²) in [5.41, 5.74) is 1.35. The first-order valence-corrected chi connectivity index (χ1v) is 3.46. The molecular weight excluding hydrogens is 115 g/mol. The molecule has 0 aliphatic rings. The lowest BCUT2D eigenvalue weighted by atomic mass is 10.1. The van der Waals surface area contributed by atoms with Gasteiger partial charge in [-0.3, -0.25) is 0 Å². The Labute approximate surface area is 53.8 Å². The van der Waals surface area contributed by atoms with Gasteiger partial charge in [-0.1, -0.05) is 19.9 Å². The SMILES string of the molecule is C/C=C(\C=P)C(C)C. The lowest BCUT2D eigenvalue weighted by Crippen LogP contribution is -1.91. The monoisotopic (exact) mass is 128 g/mol. The van der Waals surface area contributed by atoms with Gasteiger partial charge in [-0.15, -0.1) is 8.86 Å². The van der Waals surface area contributed by atoms with Crippen LogP contribution >= 0.6 is 8.86 Å². The van der Waals surface area contributed by atoms with Gasteiger partial charge in [0.25, 0.3) is 0 Å². The highest BCUT2D eigenvalue weighted by molar-refractivity contribution is 7.19. The molecule has 0 saturated carbocycles. The van der Waals surface area contributed by atoms with Crippen LogP contribution in [0.3, 0.4) is 0 Å². The summed E-state index contributed by atoms with van der Waals surface area (Å²) in [6, 6.07) is 0. The minimum atomic E-state index is 0.637. The molecular formula is C7H13P. The Kier molecular flexibility index (Phi) is 3.81. The molecule has 0 atom stereocenters. The molecule has 0 aromatic heterocycles. The molecule has 0 bridgehead atoms. The van der Waals surface area contributed by atoms with E-state index in [1.54, 1.807) is 0 Å². The maximum atomic E-state index is 3.33. The molecule has 0 fully saturated rings. The molecule has 0 N–H and O–H groups in total. The predicted molar refractivity (Wildman–Crippen MR) is 43.0 cm³/mol. The standard InChI is InChI=1S/C7H13P/c1-4-7(5-8)6(2)3/h4-6,8H,1-3H3/b7-4+. The minimum Gasteiger partial charge on any atom is -0.122 e. The second-order valence-electron chi connectivity index (χ2n) is 2.09. The molecule has 0 nitrogen and oxygen atoms in total. The molecule has 0 rings (SSSR count). The summed E-state index contributed by atoms with van der Waals surface area (Å²) in [5, 5.41) is 0. The van der Waals surface area contributed by atoms with Crippen LogP contribution in [0.5, 0.6) is 0 Å². The van der Waals surface area contributed by atoms with Crippen molar-refractivity contribution in [2.45, 2.75) is 20.8 Å². The molecule has 0 saturated heterocycles. The topological polar surface area (TPSA) is 0 Å². The molecule has 1 heteroatoms. The van der Waals surface area contributed by atoms with E-state index in [2.05, 4.69) is 28.8 Å². The van der Waals surface area contributed by atoms with Crippen molar-refractivity contribution < 1.29 is 0 Å². The number of allylic oxidation sites excluding steroid dienone is 2. The van der Waals surface area contributed by atoms with Crippen LogP contribution < -0.4 is 0 Å². The van der Waals surface area contributed by atoms with E-state index >= 15 is 0 Å². The van der Waals surface area contributed by atoms with Crippen molar-refractivity contribution in [1.29, 1.82) is 0 Å². The Morgan fingerprint density at radius 2 is 2.00 bits per heavy atom. The average Bonchev–Trinajstić information content (AvgIpc) is 1.69. The van der Waals surface area contributed by atoms with E-state index in [1.165, 1.54) is 5.57 Å². The van der Waals surface area contributed by atoms with Gasteiger partial charge < -0.3 is 0 Å². The third-order valence-electron chi connectivity index (χ3n) is 1.17. The summed E-state index contributed by atoms with van der Waals surface area (Å²) < 4.78 is 0. The van der Waals surface area contributed by atoms with E-state index in [-0.39, 0.29) is 0 Å². The van der Waals surface area contributed by atoms with Gasteiger partial charge in [-0.05, 0) is 24.2 Å². The van der Waals surface area contributed by atoms with Crippen LogP contribution in [0.15, 0.2) is 11.6 Å². The zero-order valence-electron chi connectivity index (χ0n) is 5.73. The molecule has 0 heterocycles. The van der Waals surface area contributed by atoms with E-state index in [9.17, 15) is 0 Å². The van der Waals surface area contributed by atoms with Crippen LogP contribution in [0.25, 0.3) is 0 Å². The number of hydrogen-bond donors (Lipinski definition) is 0. The van der Waals surface area contributed by atoms with Gasteiger partial charge in [0.1, 0.15) is 0 Å². The van der Waals surface area contributed by atoms with Crippen molar-refractivity contribution in [2.75, 3.05) is 0 Å². The fourth-order valence-corrected chi connectivity index (χ4v) is 1.08. The third kappa shape index (κ3) is 2.28. The fourth-order valence-electron chi connectivity index (χ4n) is 0.583. The first-order valence-electron chi connectivity index (χ1n) is 2.89. The van der Waals surface area contributed by atoms with Gasteiger partial charge >= 0.3 is 0 Å². The quantitative estimate of drug-likeness (QED) is 0.501. The van der Waals surface area contributed by atoms with Crippen molar-refractivity contribution in [2.24, 2.45) is 5.92 Å². The minimum absolute atomic E-state index is 0.637. The molecule has 0 aromatic carbocycles. The van der Waals surface area contributed by atoms with E-state index in [4.69, 9.17) is 0 Å². The molecule has 0 spiro atoms. The Morgan fingerprint density at radius 3 is 2.00 bits per heavy atom. The van der Waals surface area contributed by atoms with Gasteiger partial charge in [-0.2, -0.15) is 0 Å². The predicted octanol–water partition coefficient (Wildman–Crippen LogP) is 2.53. The highest BCUT2D eigenvalue weighted by atomic mass is 31.0. The lowest BCUT2D eigenvalue weighted by molar-refractivity contribution is 0.807. The summed E-state index contributed by atoms with van der Waals surface area (Å²) in [4.78, 5) is 0. The molecule has 8 heavy (non-hydrogen) atoms. The summed E-state index contributed by atoms with van der Waals surface area (Å²) in [5.74, 6) is 2.60. The van der Waals surface area contributed by atoms with Crippen LogP contribution in [0.2, 0.25) is 0 Å². The van der Waals surface area contributed by atoms with Gasteiger partial charge in [0, 0.05) is 0 Å². The molecule has 0 unspecified atom stereocenters. The highest BCUT2D eigenvalue weighted by Gasteiger charge is 1.93. The van der Waals surface area contributed by atoms with Crippen molar-refractivity contribution in [1.82, 2.24) is 0 Å². The summed E-state index contributed by atoms with van der Waals surface area (Å²) in [6.45, 7) is 6.39. The van der Waals surface area contributed by atoms with Crippen LogP contribution in [-0.2, 0) is 0 Å². The van der Waals surface area contributed by atoms with E-state index in [0.29, 0.717) is 5.92 Å². The highest BCUT2D eigenvalue weighted by Crippen LogP contribution is 2.05. The van der Waals surface area contributed by atoms with Crippen LogP contribution in [-0.4, -0.2) is 5.80 Å². The zero-order valence-corrected chi connectivity index (χ0v) is 6.73. The zero-order chi connectivity index (χ0) is 6.57. The second kappa shape index (κ2) is 3.86. The normalized spacial score (nSPS) is 12.2. The molecule has 46 valence electrons. The van der Waals surface area contributed by atoms with Gasteiger partial charge in [0.15, 0.2) is 0 Å². The molecule has 0 aliphatic heterocycles. The summed E-state index contributed by atoms with van der Waals surface area (Å²) >= 11 is 0. The van der Waals surface area contributed by atoms with Crippen molar-refractivity contribution in [3.05, 3.63) is 11.6 Å². The maximum Gasteiger partial charge on any atom is -0.0219 e. The van der Waals surface area contributed by atoms with Crippen LogP contribution in [0.1, 0.15) is 20.8 Å². The smallest absolute Gasteiger partial charge is 0.0219 e. The Bertz CT molecular complexity index is 101. The fraction of sp³-hybridized carbons (Fsp3) is 0.571. The Morgan fingerprint density at radius 1 is 1.50 bits per heavy atom. The first kappa shape index (κ1) is 7.91. The molecule has 0 radical (unpaired) electrons. The second-order valence-corrected chi connectivity index (χ2v) is 2.38. The van der Waals surface area contributed by atoms with Crippen LogP contribution in [0.4, 0.5) is 0 Å². The van der Waals surface area contributed by atoms with Gasteiger partial charge in [0.05, 0.1) is 0 Å². The van der Waals surface area contributed by atoms with Gasteiger partial charge in [-0.25, -0.2) is 0 Å². The van der Waals surface area contributed by atoms with E-state index in [0.717, 1.165) is 0 Å². The molecule has 0 aromatic rings. The lowest BCUT2D eigenvalue weighted by Gasteiger charge is -2.01. The average molecular weight is 128 g/mol. The third-order valence-corrected chi connectivity index (χ3v) is 1.50. The Balaban J connectivity index is 3.91. The van der Waals surface area contributed by atoms with Crippen molar-refractivity contribution in [3.8, 4) is 0 Å².